The second-order valence-electron chi connectivity index (χ2n) is 14.7. The van der Waals surface area contributed by atoms with E-state index in [1.165, 1.54) is 0 Å². The lowest BCUT2D eigenvalue weighted by Gasteiger charge is -2.29. The maximum atomic E-state index is 13.1. The predicted molar refractivity (Wildman–Crippen MR) is 207 cm³/mol. The Hall–Kier alpha value is -4.21. The third-order valence-electron chi connectivity index (χ3n) is 11.2. The first kappa shape index (κ1) is 38.5. The molecule has 4 aromatic rings. The first-order valence-electron chi connectivity index (χ1n) is 18.7. The molecule has 3 aliphatic rings. The molecule has 1 N–H and O–H groups in total. The summed E-state index contributed by atoms with van der Waals surface area (Å²) >= 11 is 11.9. The van der Waals surface area contributed by atoms with Crippen LogP contribution in [0, 0.1) is 51.4 Å². The van der Waals surface area contributed by atoms with Crippen LogP contribution in [0.2, 0.25) is 10.0 Å². The number of benzene rings is 2. The van der Waals surface area contributed by atoms with E-state index in [1.807, 2.05) is 52.0 Å². The summed E-state index contributed by atoms with van der Waals surface area (Å²) in [6.07, 6.45) is 14.5. The number of aliphatic hydroxyl groups excluding tert-OH is 1. The number of esters is 1. The number of fused-ring (bicyclic) bond motifs is 1. The number of aryl methyl sites for hydroxylation is 4. The monoisotopic (exact) mass is 758 g/mol. The van der Waals surface area contributed by atoms with Gasteiger partial charge in [0, 0.05) is 36.6 Å². The van der Waals surface area contributed by atoms with Crippen LogP contribution in [-0.2, 0) is 25.5 Å². The van der Waals surface area contributed by atoms with Crippen LogP contribution >= 0.6 is 23.2 Å². The zero-order chi connectivity index (χ0) is 38.0. The molecular formula is C42H48Cl2N4O5. The third-order valence-corrected chi connectivity index (χ3v) is 11.5. The topological polar surface area (TPSA) is 116 Å². The molecule has 0 aliphatic heterocycles. The van der Waals surface area contributed by atoms with Crippen molar-refractivity contribution in [1.82, 2.24) is 19.6 Å². The van der Waals surface area contributed by atoms with Crippen molar-refractivity contribution in [3.63, 3.8) is 0 Å². The predicted octanol–water partition coefficient (Wildman–Crippen LogP) is 9.42. The first-order chi connectivity index (χ1) is 25.4. The third kappa shape index (κ3) is 8.16. The van der Waals surface area contributed by atoms with Gasteiger partial charge in [-0.05, 0) is 118 Å². The van der Waals surface area contributed by atoms with Gasteiger partial charge in [-0.3, -0.25) is 14.4 Å². The summed E-state index contributed by atoms with van der Waals surface area (Å²) in [5.41, 5.74) is 8.27. The van der Waals surface area contributed by atoms with Gasteiger partial charge in [-0.2, -0.15) is 10.2 Å². The summed E-state index contributed by atoms with van der Waals surface area (Å²) in [5.74, 6) is -0.229. The van der Waals surface area contributed by atoms with Gasteiger partial charge in [0.05, 0.1) is 51.9 Å². The molecule has 2 aromatic carbocycles. The Balaban J connectivity index is 0.000000182. The van der Waals surface area contributed by atoms with E-state index in [-0.39, 0.29) is 41.2 Å². The number of hydrogen-bond acceptors (Lipinski definition) is 7. The molecule has 4 atom stereocenters. The van der Waals surface area contributed by atoms with E-state index in [1.54, 1.807) is 41.1 Å². The molecule has 53 heavy (non-hydrogen) atoms. The highest BCUT2D eigenvalue weighted by atomic mass is 35.5. The van der Waals surface area contributed by atoms with Crippen LogP contribution < -0.4 is 0 Å². The minimum Gasteiger partial charge on any atom is -0.511 e. The zero-order valence-electron chi connectivity index (χ0n) is 31.1. The molecule has 4 unspecified atom stereocenters. The molecule has 11 heteroatoms. The molecule has 9 nitrogen and oxygen atoms in total. The minimum absolute atomic E-state index is 0.0136. The van der Waals surface area contributed by atoms with E-state index in [9.17, 15) is 19.5 Å². The van der Waals surface area contributed by atoms with Gasteiger partial charge in [-0.1, -0.05) is 48.9 Å². The maximum Gasteiger partial charge on any atom is 0.309 e. The number of hydrogen-bond donors (Lipinski definition) is 1. The fraction of sp³-hybridized carbons (Fsp3) is 0.452. The van der Waals surface area contributed by atoms with Crippen molar-refractivity contribution in [3.05, 3.63) is 98.2 Å². The number of aliphatic hydroxyl groups is 1. The number of allylic oxidation sites excluding steroid dienone is 2. The summed E-state index contributed by atoms with van der Waals surface area (Å²) in [5, 5.41) is 20.4. The lowest BCUT2D eigenvalue weighted by molar-refractivity contribution is -0.153. The first-order valence-corrected chi connectivity index (χ1v) is 19.4. The lowest BCUT2D eigenvalue weighted by atomic mass is 9.75. The van der Waals surface area contributed by atoms with Crippen molar-refractivity contribution in [2.24, 2.45) is 23.7 Å². The molecule has 0 saturated heterocycles. The van der Waals surface area contributed by atoms with Gasteiger partial charge in [-0.15, -0.1) is 0 Å². The number of ether oxygens (including phenoxy) is 1. The van der Waals surface area contributed by atoms with Crippen molar-refractivity contribution >= 4 is 46.3 Å². The Labute approximate surface area is 321 Å². The summed E-state index contributed by atoms with van der Waals surface area (Å²) in [6.45, 7) is 10.1. The van der Waals surface area contributed by atoms with Gasteiger partial charge >= 0.3 is 5.97 Å². The van der Waals surface area contributed by atoms with E-state index >= 15 is 0 Å². The second kappa shape index (κ2) is 16.4. The Morgan fingerprint density at radius 2 is 1.26 bits per heavy atom. The van der Waals surface area contributed by atoms with Crippen molar-refractivity contribution in [2.75, 3.05) is 6.61 Å². The SMILES string of the molecule is CCOC(=O)C1CCCCC1C(=O)Cc1c(C)cc(-n2cc(Cl)cn2)cc1C.Cc1cc(-n2cc(Cl)cn2)cc(C)c1C1=C(O)C2CCCCC2C1=O. The van der Waals surface area contributed by atoms with Gasteiger partial charge in [0.1, 0.15) is 11.5 Å². The molecule has 2 heterocycles. The molecule has 0 bridgehead atoms. The number of rotatable bonds is 8. The van der Waals surface area contributed by atoms with Gasteiger partial charge < -0.3 is 9.84 Å². The van der Waals surface area contributed by atoms with Gasteiger partial charge in [0.15, 0.2) is 5.78 Å². The quantitative estimate of drug-likeness (QED) is 0.178. The Morgan fingerprint density at radius 1 is 0.774 bits per heavy atom. The maximum absolute atomic E-state index is 13.1. The molecule has 2 saturated carbocycles. The van der Waals surface area contributed by atoms with Gasteiger partial charge in [0.25, 0.3) is 0 Å². The molecule has 2 fully saturated rings. The van der Waals surface area contributed by atoms with E-state index in [0.29, 0.717) is 34.4 Å². The van der Waals surface area contributed by atoms with Crippen LogP contribution in [-0.4, -0.2) is 48.8 Å². The van der Waals surface area contributed by atoms with Crippen LogP contribution in [0.15, 0.2) is 54.8 Å². The summed E-state index contributed by atoms with van der Waals surface area (Å²) in [4.78, 5) is 38.4. The van der Waals surface area contributed by atoms with Gasteiger partial charge in [-0.25, -0.2) is 9.36 Å². The molecule has 280 valence electrons. The van der Waals surface area contributed by atoms with Crippen LogP contribution in [0.25, 0.3) is 16.9 Å². The summed E-state index contributed by atoms with van der Waals surface area (Å²) in [7, 11) is 0. The van der Waals surface area contributed by atoms with Crippen LogP contribution in [0.3, 0.4) is 0 Å². The molecule has 2 aromatic heterocycles. The fourth-order valence-corrected chi connectivity index (χ4v) is 8.88. The van der Waals surface area contributed by atoms with Gasteiger partial charge in [0.2, 0.25) is 0 Å². The van der Waals surface area contributed by atoms with Crippen molar-refractivity contribution in [2.45, 2.75) is 92.4 Å². The number of ketones is 2. The average molecular weight is 760 g/mol. The lowest BCUT2D eigenvalue weighted by Crippen LogP contribution is -2.35. The number of Topliss-reactive ketones (excluding diaryl/α,β-unsaturated/α-hetero) is 2. The van der Waals surface area contributed by atoms with Crippen molar-refractivity contribution in [1.29, 1.82) is 0 Å². The molecule has 0 radical (unpaired) electrons. The number of aromatic nitrogens is 4. The highest BCUT2D eigenvalue weighted by molar-refractivity contribution is 6.30. The normalized spacial score (nSPS) is 21.2. The van der Waals surface area contributed by atoms with Crippen molar-refractivity contribution in [3.8, 4) is 11.4 Å². The van der Waals surface area contributed by atoms with E-state index in [4.69, 9.17) is 27.9 Å². The van der Waals surface area contributed by atoms with Crippen LogP contribution in [0.4, 0.5) is 0 Å². The molecule has 3 aliphatic carbocycles. The fourth-order valence-electron chi connectivity index (χ4n) is 8.61. The van der Waals surface area contributed by atoms with Crippen LogP contribution in [0.5, 0.6) is 0 Å². The highest BCUT2D eigenvalue weighted by Gasteiger charge is 2.44. The summed E-state index contributed by atoms with van der Waals surface area (Å²) < 4.78 is 8.66. The number of carbonyl (C=O) groups is 3. The molecule has 7 rings (SSSR count). The van der Waals surface area contributed by atoms with E-state index < -0.39 is 0 Å². The smallest absolute Gasteiger partial charge is 0.309 e. The molecule has 0 amide bonds. The Kier molecular flexibility index (Phi) is 11.9. The minimum atomic E-state index is -0.299. The average Bonchev–Trinajstić information content (AvgIpc) is 3.84. The van der Waals surface area contributed by atoms with E-state index in [0.717, 1.165) is 96.1 Å². The molecule has 0 spiro atoms. The van der Waals surface area contributed by atoms with Crippen molar-refractivity contribution < 1.29 is 24.2 Å². The zero-order valence-corrected chi connectivity index (χ0v) is 32.6. The number of carbonyl (C=O) groups excluding carboxylic acids is 3. The van der Waals surface area contributed by atoms with Crippen LogP contribution in [0.1, 0.15) is 91.7 Å². The number of nitrogens with zero attached hydrogens (tertiary/aromatic N) is 4. The largest absolute Gasteiger partial charge is 0.511 e. The standard InChI is InChI=1S/C22H27ClN2O3.C20H21ClN2O2/c1-4-28-22(27)19-8-6-5-7-18(19)21(26)11-20-14(2)9-17(10-15(20)3)25-13-16(23)12-24-25;1-11-7-14(23-10-13(21)9-22-23)8-12(2)17(11)18-19(24)15-5-3-4-6-16(15)20(18)25/h9-10,12-13,18-19H,4-8,11H2,1-3H3;7-10,15-16,24H,3-6H2,1-2H3. The highest BCUT2D eigenvalue weighted by Crippen LogP contribution is 2.47. The second-order valence-corrected chi connectivity index (χ2v) is 15.6. The Morgan fingerprint density at radius 3 is 1.75 bits per heavy atom. The van der Waals surface area contributed by atoms with E-state index in [2.05, 4.69) is 10.2 Å². The molecular weight excluding hydrogens is 711 g/mol. The Bertz CT molecular complexity index is 2020. The summed E-state index contributed by atoms with van der Waals surface area (Å²) in [6, 6.07) is 8.01. The number of halogens is 2.